The molecule has 3 aromatic rings. The van der Waals surface area contributed by atoms with E-state index in [0.29, 0.717) is 23.8 Å². The molecule has 1 aliphatic heterocycles. The second-order valence-electron chi connectivity index (χ2n) is 12.1. The fraction of sp³-hybridized carbons (Fsp3) is 0.471. The van der Waals surface area contributed by atoms with Gasteiger partial charge in [0, 0.05) is 23.6 Å². The first-order chi connectivity index (χ1) is 19.3. The molecule has 6 rings (SSSR count). The molecule has 1 fully saturated rings. The standard InChI is InChI=1S/C34H40O6/c1-19(2)13-22-14-25-20(15-28(22)36)9-11-24-26-17-29(37)34(40-30(26)18-32(38-3)33(24)25)21-10-12-27(35)31(16-21)39-23-7-5-4-6-8-23/h10,12,14-16,18-19,23,29,34-37H,4-9,11,13,17H2,1-3H3/t29-,34+/m1/s1. The minimum absolute atomic E-state index is 0.106. The maximum absolute atomic E-state index is 11.4. The number of hydrogen-bond acceptors (Lipinski definition) is 6. The normalized spacial score (nSPS) is 20.3. The molecule has 0 bridgehead atoms. The fourth-order valence-electron chi connectivity index (χ4n) is 6.75. The second-order valence-corrected chi connectivity index (χ2v) is 12.1. The van der Waals surface area contributed by atoms with Crippen molar-refractivity contribution in [2.75, 3.05) is 7.11 Å². The van der Waals surface area contributed by atoms with Crippen LogP contribution in [0.2, 0.25) is 0 Å². The molecule has 6 nitrogen and oxygen atoms in total. The van der Waals surface area contributed by atoms with Gasteiger partial charge in [-0.05, 0) is 103 Å². The molecule has 1 saturated carbocycles. The van der Waals surface area contributed by atoms with E-state index in [1.54, 1.807) is 19.2 Å². The summed E-state index contributed by atoms with van der Waals surface area (Å²) in [4.78, 5) is 0. The summed E-state index contributed by atoms with van der Waals surface area (Å²) in [5.41, 5.74) is 7.12. The smallest absolute Gasteiger partial charge is 0.161 e. The van der Waals surface area contributed by atoms with Crippen LogP contribution in [0, 0.1) is 5.92 Å². The highest BCUT2D eigenvalue weighted by molar-refractivity contribution is 5.82. The molecular weight excluding hydrogens is 504 g/mol. The molecule has 1 heterocycles. The number of ether oxygens (including phenoxy) is 3. The Morgan fingerprint density at radius 1 is 0.925 bits per heavy atom. The van der Waals surface area contributed by atoms with E-state index in [4.69, 9.17) is 14.2 Å². The zero-order valence-corrected chi connectivity index (χ0v) is 23.7. The lowest BCUT2D eigenvalue weighted by molar-refractivity contribution is 0.0201. The quantitative estimate of drug-likeness (QED) is 0.316. The highest BCUT2D eigenvalue weighted by atomic mass is 16.5. The van der Waals surface area contributed by atoms with Gasteiger partial charge in [-0.15, -0.1) is 0 Å². The van der Waals surface area contributed by atoms with Crippen LogP contribution in [-0.2, 0) is 25.7 Å². The predicted molar refractivity (Wildman–Crippen MR) is 155 cm³/mol. The molecule has 0 unspecified atom stereocenters. The molecule has 6 heteroatoms. The molecule has 3 aromatic carbocycles. The number of aryl methyl sites for hydroxylation is 1. The maximum Gasteiger partial charge on any atom is 0.161 e. The Morgan fingerprint density at radius 2 is 1.73 bits per heavy atom. The van der Waals surface area contributed by atoms with E-state index in [1.165, 1.54) is 6.42 Å². The van der Waals surface area contributed by atoms with Crippen molar-refractivity contribution in [3.63, 3.8) is 0 Å². The van der Waals surface area contributed by atoms with Gasteiger partial charge in [-0.2, -0.15) is 0 Å². The third-order valence-electron chi connectivity index (χ3n) is 8.71. The van der Waals surface area contributed by atoms with Gasteiger partial charge in [0.25, 0.3) is 0 Å². The Morgan fingerprint density at radius 3 is 2.48 bits per heavy atom. The summed E-state index contributed by atoms with van der Waals surface area (Å²) in [6.07, 6.45) is 7.10. The molecule has 0 aromatic heterocycles. The number of phenolic OH excluding ortho intramolecular Hbond substituents is 2. The van der Waals surface area contributed by atoms with E-state index in [0.717, 1.165) is 95.4 Å². The van der Waals surface area contributed by atoms with Crippen molar-refractivity contribution < 1.29 is 29.5 Å². The molecule has 2 aliphatic carbocycles. The van der Waals surface area contributed by atoms with E-state index in [9.17, 15) is 15.3 Å². The third-order valence-corrected chi connectivity index (χ3v) is 8.71. The Kier molecular flexibility index (Phi) is 7.30. The topological polar surface area (TPSA) is 88.4 Å². The van der Waals surface area contributed by atoms with Crippen molar-refractivity contribution in [3.05, 3.63) is 64.2 Å². The van der Waals surface area contributed by atoms with Gasteiger partial charge < -0.3 is 29.5 Å². The van der Waals surface area contributed by atoms with Gasteiger partial charge in [0.15, 0.2) is 11.5 Å². The van der Waals surface area contributed by atoms with E-state index in [1.807, 2.05) is 18.2 Å². The minimum atomic E-state index is -0.755. The van der Waals surface area contributed by atoms with Crippen LogP contribution in [0.25, 0.3) is 11.1 Å². The number of aromatic hydroxyl groups is 2. The molecule has 0 saturated heterocycles. The molecule has 3 aliphatic rings. The SMILES string of the molecule is COc1cc2c(c3c1-c1cc(CC(C)C)c(O)cc1CC3)C[C@@H](O)[C@H](c1ccc(O)c(OC3CCCCC3)c1)O2. The third kappa shape index (κ3) is 4.98. The molecule has 0 amide bonds. The summed E-state index contributed by atoms with van der Waals surface area (Å²) in [6.45, 7) is 4.30. The van der Waals surface area contributed by atoms with Gasteiger partial charge in [0.2, 0.25) is 0 Å². The number of aliphatic hydroxyl groups excluding tert-OH is 1. The number of benzene rings is 3. The average molecular weight is 545 g/mol. The lowest BCUT2D eigenvalue weighted by atomic mass is 9.79. The van der Waals surface area contributed by atoms with E-state index in [-0.39, 0.29) is 11.9 Å². The predicted octanol–water partition coefficient (Wildman–Crippen LogP) is 6.82. The van der Waals surface area contributed by atoms with E-state index in [2.05, 4.69) is 19.9 Å². The van der Waals surface area contributed by atoms with Crippen molar-refractivity contribution in [3.8, 4) is 39.9 Å². The number of phenols is 2. The number of methoxy groups -OCH3 is 1. The van der Waals surface area contributed by atoms with Gasteiger partial charge in [0.1, 0.15) is 23.4 Å². The van der Waals surface area contributed by atoms with Crippen molar-refractivity contribution in [1.82, 2.24) is 0 Å². The molecule has 212 valence electrons. The second kappa shape index (κ2) is 10.9. The largest absolute Gasteiger partial charge is 0.508 e. The molecule has 0 radical (unpaired) electrons. The maximum atomic E-state index is 11.4. The van der Waals surface area contributed by atoms with Crippen LogP contribution in [-0.4, -0.2) is 34.6 Å². The van der Waals surface area contributed by atoms with Crippen LogP contribution >= 0.6 is 0 Å². The van der Waals surface area contributed by atoms with Crippen LogP contribution in [0.5, 0.6) is 28.7 Å². The fourth-order valence-corrected chi connectivity index (χ4v) is 6.75. The number of rotatable bonds is 6. The van der Waals surface area contributed by atoms with Crippen LogP contribution in [0.3, 0.4) is 0 Å². The summed E-state index contributed by atoms with van der Waals surface area (Å²) in [5, 5.41) is 32.5. The van der Waals surface area contributed by atoms with Crippen molar-refractivity contribution in [2.24, 2.45) is 5.92 Å². The lowest BCUT2D eigenvalue weighted by Crippen LogP contribution is -2.31. The number of fused-ring (bicyclic) bond motifs is 5. The van der Waals surface area contributed by atoms with Crippen LogP contribution in [0.15, 0.2) is 36.4 Å². The zero-order chi connectivity index (χ0) is 28.0. The summed E-state index contributed by atoms with van der Waals surface area (Å²) in [5.74, 6) is 2.79. The molecule has 40 heavy (non-hydrogen) atoms. The monoisotopic (exact) mass is 544 g/mol. The van der Waals surface area contributed by atoms with Crippen LogP contribution in [0.1, 0.15) is 79.9 Å². The van der Waals surface area contributed by atoms with Crippen LogP contribution < -0.4 is 14.2 Å². The van der Waals surface area contributed by atoms with Gasteiger partial charge >= 0.3 is 0 Å². The van der Waals surface area contributed by atoms with Gasteiger partial charge in [0.05, 0.1) is 19.3 Å². The van der Waals surface area contributed by atoms with Crippen molar-refractivity contribution >= 4 is 0 Å². The Hall–Kier alpha value is -3.38. The summed E-state index contributed by atoms with van der Waals surface area (Å²) in [6, 6.07) is 11.2. The van der Waals surface area contributed by atoms with Gasteiger partial charge in [-0.25, -0.2) is 0 Å². The number of aliphatic hydroxyl groups is 1. The first-order valence-corrected chi connectivity index (χ1v) is 14.7. The van der Waals surface area contributed by atoms with E-state index < -0.39 is 12.2 Å². The van der Waals surface area contributed by atoms with Gasteiger partial charge in [-0.3, -0.25) is 0 Å². The van der Waals surface area contributed by atoms with Crippen molar-refractivity contribution in [1.29, 1.82) is 0 Å². The van der Waals surface area contributed by atoms with Crippen molar-refractivity contribution in [2.45, 2.75) is 89.9 Å². The first-order valence-electron chi connectivity index (χ1n) is 14.7. The number of hydrogen-bond donors (Lipinski definition) is 3. The van der Waals surface area contributed by atoms with E-state index >= 15 is 0 Å². The zero-order valence-electron chi connectivity index (χ0n) is 23.7. The molecule has 2 atom stereocenters. The first kappa shape index (κ1) is 26.8. The Balaban J connectivity index is 1.35. The molecular formula is C34H40O6. The summed E-state index contributed by atoms with van der Waals surface area (Å²) < 4.78 is 18.6. The van der Waals surface area contributed by atoms with Gasteiger partial charge in [-0.1, -0.05) is 26.3 Å². The summed E-state index contributed by atoms with van der Waals surface area (Å²) >= 11 is 0. The summed E-state index contributed by atoms with van der Waals surface area (Å²) in [7, 11) is 1.68. The highest BCUT2D eigenvalue weighted by Gasteiger charge is 2.35. The molecule has 0 spiro atoms. The average Bonchev–Trinajstić information content (AvgIpc) is 2.94. The Labute approximate surface area is 236 Å². The molecule has 3 N–H and O–H groups in total. The lowest BCUT2D eigenvalue weighted by Gasteiger charge is -2.35. The Bertz CT molecular complexity index is 1400. The minimum Gasteiger partial charge on any atom is -0.508 e. The van der Waals surface area contributed by atoms with Crippen LogP contribution in [0.4, 0.5) is 0 Å². The highest BCUT2D eigenvalue weighted by Crippen LogP contribution is 2.50.